The van der Waals surface area contributed by atoms with Crippen LogP contribution in [0.5, 0.6) is 0 Å². The van der Waals surface area contributed by atoms with Crippen LogP contribution in [0.4, 0.5) is 4.39 Å². The first-order valence-corrected chi connectivity index (χ1v) is 11.7. The molecule has 30 heavy (non-hydrogen) atoms. The van der Waals surface area contributed by atoms with Crippen molar-refractivity contribution in [2.75, 3.05) is 19.6 Å². The van der Waals surface area contributed by atoms with Gasteiger partial charge in [0.1, 0.15) is 11.4 Å². The Morgan fingerprint density at radius 2 is 2.07 bits per heavy atom. The second kappa shape index (κ2) is 7.82. The molecule has 5 rings (SSSR count). The molecule has 1 aliphatic rings. The molecule has 0 bridgehead atoms. The van der Waals surface area contributed by atoms with E-state index < -0.39 is 0 Å². The van der Waals surface area contributed by atoms with Crippen LogP contribution >= 0.6 is 11.3 Å². The third-order valence-electron chi connectivity index (χ3n) is 6.49. The van der Waals surface area contributed by atoms with E-state index in [2.05, 4.69) is 36.3 Å². The van der Waals surface area contributed by atoms with Gasteiger partial charge in [-0.1, -0.05) is 13.8 Å². The Bertz CT molecular complexity index is 1180. The molecular weight excluding hydrogens is 397 g/mol. The van der Waals surface area contributed by atoms with E-state index >= 15 is 0 Å². The molecule has 0 spiro atoms. The topological polar surface area (TPSA) is 33.7 Å². The Hall–Kier alpha value is -2.18. The highest BCUT2D eigenvalue weighted by molar-refractivity contribution is 7.17. The number of furan rings is 1. The Kier molecular flexibility index (Phi) is 5.15. The lowest BCUT2D eigenvalue weighted by Gasteiger charge is -2.31. The number of benzene rings is 1. The van der Waals surface area contributed by atoms with E-state index in [1.165, 1.54) is 34.0 Å². The van der Waals surface area contributed by atoms with Gasteiger partial charge in [0.2, 0.25) is 0 Å². The van der Waals surface area contributed by atoms with E-state index in [-0.39, 0.29) is 5.82 Å². The summed E-state index contributed by atoms with van der Waals surface area (Å²) in [5.41, 5.74) is 4.47. The van der Waals surface area contributed by atoms with Gasteiger partial charge < -0.3 is 9.32 Å². The van der Waals surface area contributed by atoms with Crippen LogP contribution in [0.1, 0.15) is 60.4 Å². The summed E-state index contributed by atoms with van der Waals surface area (Å²) in [4.78, 5) is 9.86. The van der Waals surface area contributed by atoms with Crippen molar-refractivity contribution in [1.29, 1.82) is 0 Å². The highest BCUT2D eigenvalue weighted by atomic mass is 32.1. The van der Waals surface area contributed by atoms with Crippen molar-refractivity contribution in [2.45, 2.75) is 51.9 Å². The summed E-state index contributed by atoms with van der Waals surface area (Å²) in [5, 5.41) is 1.06. The van der Waals surface area contributed by atoms with Gasteiger partial charge in [-0.3, -0.25) is 4.40 Å². The lowest BCUT2D eigenvalue weighted by atomic mass is 9.89. The van der Waals surface area contributed by atoms with Crippen LogP contribution in [0.3, 0.4) is 0 Å². The van der Waals surface area contributed by atoms with Crippen molar-refractivity contribution in [3.8, 4) is 0 Å². The molecule has 1 saturated heterocycles. The van der Waals surface area contributed by atoms with Crippen LogP contribution in [-0.2, 0) is 6.42 Å². The average molecular weight is 426 g/mol. The summed E-state index contributed by atoms with van der Waals surface area (Å²) in [6.45, 7) is 9.86. The molecule has 3 aromatic heterocycles. The monoisotopic (exact) mass is 425 g/mol. The SMILES string of the molecule is Cc1sc2nc(C(C)C)cn2c1CCN1CCC(c2coc3cc(F)ccc23)CC1. The normalized spacial score (nSPS) is 16.4. The Morgan fingerprint density at radius 3 is 2.83 bits per heavy atom. The minimum Gasteiger partial charge on any atom is -0.464 e. The van der Waals surface area contributed by atoms with Gasteiger partial charge in [-0.05, 0) is 56.8 Å². The van der Waals surface area contributed by atoms with Crippen molar-refractivity contribution in [3.63, 3.8) is 0 Å². The Balaban J connectivity index is 1.23. The fourth-order valence-electron chi connectivity index (χ4n) is 4.66. The number of halogens is 1. The van der Waals surface area contributed by atoms with E-state index in [1.54, 1.807) is 11.3 Å². The number of aromatic nitrogens is 2. The summed E-state index contributed by atoms with van der Waals surface area (Å²) in [6, 6.07) is 4.87. The van der Waals surface area contributed by atoms with Gasteiger partial charge in [-0.2, -0.15) is 0 Å². The lowest BCUT2D eigenvalue weighted by Crippen LogP contribution is -2.34. The van der Waals surface area contributed by atoms with Crippen LogP contribution < -0.4 is 0 Å². The molecule has 1 fully saturated rings. The molecule has 4 nitrogen and oxygen atoms in total. The number of fused-ring (bicyclic) bond motifs is 2. The molecule has 6 heteroatoms. The molecule has 0 radical (unpaired) electrons. The van der Waals surface area contributed by atoms with Crippen molar-refractivity contribution in [1.82, 2.24) is 14.3 Å². The second-order valence-corrected chi connectivity index (χ2v) is 9.96. The standard InChI is InChI=1S/C24H28FN3OS/c1-15(2)21-13-28-22(16(3)30-24(28)26-21)8-11-27-9-6-17(7-10-27)20-14-29-23-12-18(25)4-5-19(20)23/h4-5,12-15,17H,6-11H2,1-3H3. The minimum absolute atomic E-state index is 0.241. The van der Waals surface area contributed by atoms with Gasteiger partial charge in [0.15, 0.2) is 4.96 Å². The number of aryl methyl sites for hydroxylation is 1. The largest absolute Gasteiger partial charge is 0.464 e. The van der Waals surface area contributed by atoms with Crippen molar-refractivity contribution < 1.29 is 8.81 Å². The van der Waals surface area contributed by atoms with Crippen LogP contribution in [0.15, 0.2) is 35.1 Å². The predicted octanol–water partition coefficient (Wildman–Crippen LogP) is 6.14. The Labute approximate surface area is 180 Å². The van der Waals surface area contributed by atoms with Crippen LogP contribution in [0.25, 0.3) is 15.9 Å². The van der Waals surface area contributed by atoms with Crippen molar-refractivity contribution in [2.24, 2.45) is 0 Å². The van der Waals surface area contributed by atoms with E-state index in [9.17, 15) is 4.39 Å². The molecule has 158 valence electrons. The zero-order valence-electron chi connectivity index (χ0n) is 17.8. The number of thiazole rings is 1. The third-order valence-corrected chi connectivity index (χ3v) is 7.50. The molecule has 0 saturated carbocycles. The highest BCUT2D eigenvalue weighted by Crippen LogP contribution is 2.35. The number of hydrogen-bond acceptors (Lipinski definition) is 4. The smallest absolute Gasteiger partial charge is 0.194 e. The fourth-order valence-corrected chi connectivity index (χ4v) is 5.66. The number of nitrogens with zero attached hydrogens (tertiary/aromatic N) is 3. The van der Waals surface area contributed by atoms with Crippen LogP contribution in [0, 0.1) is 12.7 Å². The average Bonchev–Trinajstić information content (AvgIpc) is 3.39. The third kappa shape index (κ3) is 3.56. The maximum absolute atomic E-state index is 13.4. The first kappa shape index (κ1) is 19.8. The first-order valence-electron chi connectivity index (χ1n) is 10.9. The zero-order valence-corrected chi connectivity index (χ0v) is 18.6. The quantitative estimate of drug-likeness (QED) is 0.385. The van der Waals surface area contributed by atoms with Crippen molar-refractivity contribution in [3.05, 3.63) is 58.3 Å². The Morgan fingerprint density at radius 1 is 1.27 bits per heavy atom. The summed E-state index contributed by atoms with van der Waals surface area (Å²) >= 11 is 1.80. The molecular formula is C24H28FN3OS. The maximum Gasteiger partial charge on any atom is 0.194 e. The molecule has 0 N–H and O–H groups in total. The summed E-state index contributed by atoms with van der Waals surface area (Å²) in [7, 11) is 0. The van der Waals surface area contributed by atoms with Gasteiger partial charge >= 0.3 is 0 Å². The van der Waals surface area contributed by atoms with Gasteiger partial charge in [-0.15, -0.1) is 11.3 Å². The molecule has 0 aliphatic carbocycles. The van der Waals surface area contributed by atoms with Gasteiger partial charge in [0.05, 0.1) is 12.0 Å². The molecule has 1 aromatic carbocycles. The predicted molar refractivity (Wildman–Crippen MR) is 120 cm³/mol. The number of likely N-dealkylation sites (tertiary alicyclic amines) is 1. The molecule has 4 heterocycles. The van der Waals surface area contributed by atoms with Gasteiger partial charge in [0, 0.05) is 46.7 Å². The van der Waals surface area contributed by atoms with E-state index in [0.717, 1.165) is 49.2 Å². The van der Waals surface area contributed by atoms with Crippen molar-refractivity contribution >= 4 is 27.3 Å². The summed E-state index contributed by atoms with van der Waals surface area (Å²) < 4.78 is 21.4. The van der Waals surface area contributed by atoms with E-state index in [4.69, 9.17) is 9.40 Å². The summed E-state index contributed by atoms with van der Waals surface area (Å²) in [6.07, 6.45) is 7.34. The van der Waals surface area contributed by atoms with E-state index in [1.807, 2.05) is 12.3 Å². The lowest BCUT2D eigenvalue weighted by molar-refractivity contribution is 0.214. The highest BCUT2D eigenvalue weighted by Gasteiger charge is 2.24. The van der Waals surface area contributed by atoms with Crippen LogP contribution in [0.2, 0.25) is 0 Å². The number of piperidine rings is 1. The fraction of sp³-hybridized carbons (Fsp3) is 0.458. The maximum atomic E-state index is 13.4. The summed E-state index contributed by atoms with van der Waals surface area (Å²) in [5.74, 6) is 0.707. The van der Waals surface area contributed by atoms with Gasteiger partial charge in [0.25, 0.3) is 0 Å². The zero-order chi connectivity index (χ0) is 20.8. The molecule has 0 atom stereocenters. The molecule has 1 aliphatic heterocycles. The molecule has 0 unspecified atom stereocenters. The second-order valence-electron chi connectivity index (χ2n) is 8.78. The van der Waals surface area contributed by atoms with Gasteiger partial charge in [-0.25, -0.2) is 9.37 Å². The number of hydrogen-bond donors (Lipinski definition) is 0. The molecule has 0 amide bonds. The number of imidazole rings is 1. The van der Waals surface area contributed by atoms with E-state index in [0.29, 0.717) is 17.4 Å². The minimum atomic E-state index is -0.241. The molecule has 4 aromatic rings. The first-order chi connectivity index (χ1) is 14.5. The number of rotatable bonds is 5. The van der Waals surface area contributed by atoms with Crippen LogP contribution in [-0.4, -0.2) is 33.9 Å².